The van der Waals surface area contributed by atoms with E-state index in [1.807, 2.05) is 6.26 Å². The summed E-state index contributed by atoms with van der Waals surface area (Å²) in [6.45, 7) is 2.08. The van der Waals surface area contributed by atoms with Crippen molar-refractivity contribution in [2.75, 3.05) is 17.3 Å². The maximum Gasteiger partial charge on any atom is 0.269 e. The number of benzene rings is 1. The smallest absolute Gasteiger partial charge is 0.269 e. The van der Waals surface area contributed by atoms with E-state index in [0.717, 1.165) is 11.4 Å². The average molecular weight is 226 g/mol. The molecule has 0 aliphatic carbocycles. The Morgan fingerprint density at radius 1 is 1.47 bits per heavy atom. The Labute approximate surface area is 93.2 Å². The molecule has 5 heteroatoms. The molecule has 1 N–H and O–H groups in total. The van der Waals surface area contributed by atoms with Crippen LogP contribution in [0, 0.1) is 10.1 Å². The summed E-state index contributed by atoms with van der Waals surface area (Å²) in [5.74, 6) is 1.01. The first-order valence-electron chi connectivity index (χ1n) is 4.63. The van der Waals surface area contributed by atoms with E-state index in [2.05, 4.69) is 12.2 Å². The van der Waals surface area contributed by atoms with Crippen LogP contribution in [0.25, 0.3) is 0 Å². The molecule has 1 unspecified atom stereocenters. The number of nitro groups is 1. The standard InChI is InChI=1S/C10H14N2O2S/c1-8(7-15-2)11-9-3-5-10(6-4-9)12(13)14/h3-6,8,11H,7H2,1-2H3. The second-order valence-corrected chi connectivity index (χ2v) is 4.22. The molecule has 1 atom stereocenters. The molecular formula is C10H14N2O2S. The molecule has 0 bridgehead atoms. The molecule has 15 heavy (non-hydrogen) atoms. The Morgan fingerprint density at radius 2 is 2.07 bits per heavy atom. The van der Waals surface area contributed by atoms with Crippen LogP contribution in [0.1, 0.15) is 6.92 Å². The van der Waals surface area contributed by atoms with E-state index < -0.39 is 4.92 Å². The van der Waals surface area contributed by atoms with Gasteiger partial charge >= 0.3 is 0 Å². The van der Waals surface area contributed by atoms with Crippen molar-refractivity contribution >= 4 is 23.1 Å². The Hall–Kier alpha value is -1.23. The highest BCUT2D eigenvalue weighted by Gasteiger charge is 2.05. The first-order chi connectivity index (χ1) is 7.13. The SMILES string of the molecule is CSCC(C)Nc1ccc([N+](=O)[O-])cc1. The highest BCUT2D eigenvalue weighted by molar-refractivity contribution is 7.98. The molecule has 0 amide bonds. The monoisotopic (exact) mass is 226 g/mol. The average Bonchev–Trinajstić information content (AvgIpc) is 2.18. The lowest BCUT2D eigenvalue weighted by atomic mass is 10.2. The van der Waals surface area contributed by atoms with Gasteiger partial charge in [0.15, 0.2) is 0 Å². The fourth-order valence-corrected chi connectivity index (χ4v) is 1.84. The van der Waals surface area contributed by atoms with Crippen molar-refractivity contribution in [2.24, 2.45) is 0 Å². The molecule has 0 saturated heterocycles. The topological polar surface area (TPSA) is 55.2 Å². The minimum atomic E-state index is -0.394. The van der Waals surface area contributed by atoms with Gasteiger partial charge in [0.05, 0.1) is 4.92 Å². The van der Waals surface area contributed by atoms with Crippen LogP contribution in [0.2, 0.25) is 0 Å². The minimum Gasteiger partial charge on any atom is -0.382 e. The van der Waals surface area contributed by atoms with Crippen LogP contribution in [0.5, 0.6) is 0 Å². The Morgan fingerprint density at radius 3 is 2.53 bits per heavy atom. The van der Waals surface area contributed by atoms with E-state index in [9.17, 15) is 10.1 Å². The highest BCUT2D eigenvalue weighted by atomic mass is 32.2. The zero-order valence-corrected chi connectivity index (χ0v) is 9.58. The molecule has 0 saturated carbocycles. The molecule has 0 spiro atoms. The fourth-order valence-electron chi connectivity index (χ4n) is 1.26. The number of thioether (sulfide) groups is 1. The van der Waals surface area contributed by atoms with Crippen LogP contribution in [-0.2, 0) is 0 Å². The zero-order valence-electron chi connectivity index (χ0n) is 8.77. The molecule has 82 valence electrons. The lowest BCUT2D eigenvalue weighted by Crippen LogP contribution is -2.17. The number of nitrogens with zero attached hydrogens (tertiary/aromatic N) is 1. The van der Waals surface area contributed by atoms with Crippen molar-refractivity contribution in [3.8, 4) is 0 Å². The number of rotatable bonds is 5. The van der Waals surface area contributed by atoms with Crippen LogP contribution in [0.4, 0.5) is 11.4 Å². The van der Waals surface area contributed by atoms with Crippen molar-refractivity contribution in [3.05, 3.63) is 34.4 Å². The van der Waals surface area contributed by atoms with E-state index in [-0.39, 0.29) is 5.69 Å². The van der Waals surface area contributed by atoms with Crippen LogP contribution < -0.4 is 5.32 Å². The molecule has 0 aromatic heterocycles. The van der Waals surface area contributed by atoms with Crippen molar-refractivity contribution < 1.29 is 4.92 Å². The quantitative estimate of drug-likeness (QED) is 0.619. The van der Waals surface area contributed by atoms with Crippen LogP contribution >= 0.6 is 11.8 Å². The number of hydrogen-bond donors (Lipinski definition) is 1. The van der Waals surface area contributed by atoms with Crippen LogP contribution in [0.3, 0.4) is 0 Å². The molecule has 1 aromatic carbocycles. The predicted octanol–water partition coefficient (Wildman–Crippen LogP) is 2.76. The van der Waals surface area contributed by atoms with Gasteiger partial charge in [0.1, 0.15) is 0 Å². The van der Waals surface area contributed by atoms with Gasteiger partial charge in [-0.3, -0.25) is 10.1 Å². The van der Waals surface area contributed by atoms with Crippen LogP contribution in [0.15, 0.2) is 24.3 Å². The van der Waals surface area contributed by atoms with E-state index in [0.29, 0.717) is 6.04 Å². The maximum atomic E-state index is 10.4. The predicted molar refractivity (Wildman–Crippen MR) is 64.6 cm³/mol. The van der Waals surface area contributed by atoms with E-state index in [1.165, 1.54) is 12.1 Å². The largest absolute Gasteiger partial charge is 0.382 e. The molecule has 0 aliphatic rings. The van der Waals surface area contributed by atoms with E-state index in [4.69, 9.17) is 0 Å². The van der Waals surface area contributed by atoms with Gasteiger partial charge < -0.3 is 5.32 Å². The molecule has 0 fully saturated rings. The van der Waals surface area contributed by atoms with Gasteiger partial charge in [-0.05, 0) is 25.3 Å². The fraction of sp³-hybridized carbons (Fsp3) is 0.400. The third-order valence-electron chi connectivity index (χ3n) is 1.91. The Kier molecular flexibility index (Phi) is 4.42. The number of hydrogen-bond acceptors (Lipinski definition) is 4. The zero-order chi connectivity index (χ0) is 11.3. The van der Waals surface area contributed by atoms with E-state index >= 15 is 0 Å². The first kappa shape index (κ1) is 11.8. The molecule has 0 heterocycles. The second kappa shape index (κ2) is 5.60. The highest BCUT2D eigenvalue weighted by Crippen LogP contribution is 2.16. The number of nitro benzene ring substituents is 1. The summed E-state index contributed by atoms with van der Waals surface area (Å²) >= 11 is 1.77. The molecular weight excluding hydrogens is 212 g/mol. The van der Waals surface area contributed by atoms with E-state index in [1.54, 1.807) is 23.9 Å². The van der Waals surface area contributed by atoms with Gasteiger partial charge in [0.2, 0.25) is 0 Å². The second-order valence-electron chi connectivity index (χ2n) is 3.30. The number of non-ortho nitro benzene ring substituents is 1. The van der Waals surface area contributed by atoms with Gasteiger partial charge in [-0.15, -0.1) is 0 Å². The van der Waals surface area contributed by atoms with Gasteiger partial charge in [-0.1, -0.05) is 0 Å². The third kappa shape index (κ3) is 3.79. The Balaban J connectivity index is 2.60. The van der Waals surface area contributed by atoms with Gasteiger partial charge in [-0.2, -0.15) is 11.8 Å². The van der Waals surface area contributed by atoms with Gasteiger partial charge in [-0.25, -0.2) is 0 Å². The van der Waals surface area contributed by atoms with Crippen molar-refractivity contribution in [1.82, 2.24) is 0 Å². The van der Waals surface area contributed by atoms with Gasteiger partial charge in [0.25, 0.3) is 5.69 Å². The Bertz CT molecular complexity index is 327. The van der Waals surface area contributed by atoms with Crippen LogP contribution in [-0.4, -0.2) is 23.0 Å². The minimum absolute atomic E-state index is 0.123. The first-order valence-corrected chi connectivity index (χ1v) is 6.03. The van der Waals surface area contributed by atoms with Crippen molar-refractivity contribution in [3.63, 3.8) is 0 Å². The van der Waals surface area contributed by atoms with Crippen molar-refractivity contribution in [1.29, 1.82) is 0 Å². The van der Waals surface area contributed by atoms with Crippen molar-refractivity contribution in [2.45, 2.75) is 13.0 Å². The summed E-state index contributed by atoms with van der Waals surface area (Å²) in [5.41, 5.74) is 1.04. The third-order valence-corrected chi connectivity index (χ3v) is 2.74. The number of nitrogens with one attached hydrogen (secondary N) is 1. The lowest BCUT2D eigenvalue weighted by Gasteiger charge is -2.13. The summed E-state index contributed by atoms with van der Waals surface area (Å²) in [6.07, 6.45) is 2.05. The maximum absolute atomic E-state index is 10.4. The summed E-state index contributed by atoms with van der Waals surface area (Å²) in [5, 5.41) is 13.7. The molecule has 1 rings (SSSR count). The lowest BCUT2D eigenvalue weighted by molar-refractivity contribution is -0.384. The normalized spacial score (nSPS) is 12.1. The molecule has 0 radical (unpaired) electrons. The summed E-state index contributed by atoms with van der Waals surface area (Å²) in [7, 11) is 0. The molecule has 4 nitrogen and oxygen atoms in total. The molecule has 1 aromatic rings. The number of anilines is 1. The summed E-state index contributed by atoms with van der Waals surface area (Å²) in [4.78, 5) is 10.0. The summed E-state index contributed by atoms with van der Waals surface area (Å²) < 4.78 is 0. The van der Waals surface area contributed by atoms with Gasteiger partial charge in [0, 0.05) is 29.6 Å². The molecule has 0 aliphatic heterocycles. The summed E-state index contributed by atoms with van der Waals surface area (Å²) in [6, 6.07) is 6.84.